The highest BCUT2D eigenvalue weighted by molar-refractivity contribution is 5.64. The predicted molar refractivity (Wildman–Crippen MR) is 114 cm³/mol. The number of nitrogens with two attached hydrogens (primary N) is 1. The van der Waals surface area contributed by atoms with Crippen molar-refractivity contribution < 1.29 is 4.74 Å². The maximum Gasteiger partial charge on any atom is 0.263 e. The highest BCUT2D eigenvalue weighted by atomic mass is 16.5. The summed E-state index contributed by atoms with van der Waals surface area (Å²) in [7, 11) is 2.14. The molecule has 0 spiro atoms. The Hall–Kier alpha value is -3.44. The van der Waals surface area contributed by atoms with Crippen LogP contribution in [0, 0.1) is 24.2 Å². The van der Waals surface area contributed by atoms with Gasteiger partial charge in [-0.3, -0.25) is 4.68 Å². The van der Waals surface area contributed by atoms with E-state index in [1.807, 2.05) is 6.92 Å². The van der Waals surface area contributed by atoms with Gasteiger partial charge in [0.2, 0.25) is 0 Å². The first-order chi connectivity index (χ1) is 14.4. The Kier molecular flexibility index (Phi) is 5.38. The van der Waals surface area contributed by atoms with Crippen molar-refractivity contribution in [2.24, 2.45) is 5.92 Å². The van der Waals surface area contributed by atoms with Crippen LogP contribution in [0.25, 0.3) is 11.3 Å². The van der Waals surface area contributed by atoms with E-state index in [0.717, 1.165) is 25.1 Å². The van der Waals surface area contributed by atoms with Crippen LogP contribution in [0.1, 0.15) is 23.6 Å². The number of benzene rings is 1. The maximum atomic E-state index is 8.96. The molecule has 3 aromatic rings. The summed E-state index contributed by atoms with van der Waals surface area (Å²) in [5, 5.41) is 13.2. The van der Waals surface area contributed by atoms with Crippen LogP contribution in [0.5, 0.6) is 11.6 Å². The van der Waals surface area contributed by atoms with Gasteiger partial charge in [0.1, 0.15) is 0 Å². The number of nitrogen functional groups attached to an aromatic ring is 1. The number of rotatable bonds is 5. The molecule has 2 aromatic heterocycles. The fraction of sp³-hybridized carbons (Fsp3) is 0.364. The molecule has 0 amide bonds. The number of fused-ring (bicyclic) bond motifs is 1. The van der Waals surface area contributed by atoms with Gasteiger partial charge in [0.15, 0.2) is 11.6 Å². The van der Waals surface area contributed by atoms with Crippen molar-refractivity contribution in [3.8, 4) is 29.0 Å². The Bertz CT molecular complexity index is 1120. The summed E-state index contributed by atoms with van der Waals surface area (Å²) in [5.41, 5.74) is 11.7. The van der Waals surface area contributed by atoms with Gasteiger partial charge in [-0.25, -0.2) is 9.97 Å². The normalized spacial score (nSPS) is 14.7. The van der Waals surface area contributed by atoms with Crippen LogP contribution >= 0.6 is 0 Å². The number of hydrogen-bond donors (Lipinski definition) is 1. The van der Waals surface area contributed by atoms with Crippen molar-refractivity contribution in [1.82, 2.24) is 24.6 Å². The Balaban J connectivity index is 1.61. The molecule has 2 N–H and O–H groups in total. The second-order valence-electron chi connectivity index (χ2n) is 7.89. The van der Waals surface area contributed by atoms with Gasteiger partial charge in [0, 0.05) is 18.7 Å². The highest BCUT2D eigenvalue weighted by Crippen LogP contribution is 2.31. The van der Waals surface area contributed by atoms with E-state index < -0.39 is 0 Å². The molecular weight excluding hydrogens is 378 g/mol. The zero-order valence-corrected chi connectivity index (χ0v) is 17.5. The molecule has 8 heteroatoms. The Labute approximate surface area is 175 Å². The van der Waals surface area contributed by atoms with Crippen molar-refractivity contribution in [1.29, 1.82) is 5.26 Å². The fourth-order valence-electron chi connectivity index (χ4n) is 3.74. The van der Waals surface area contributed by atoms with Gasteiger partial charge in [-0.15, -0.1) is 0 Å². The van der Waals surface area contributed by atoms with Gasteiger partial charge < -0.3 is 15.4 Å². The average molecular weight is 403 g/mol. The number of hydrogen-bond acceptors (Lipinski definition) is 7. The minimum Gasteiger partial charge on any atom is -0.433 e. The van der Waals surface area contributed by atoms with E-state index in [1.54, 1.807) is 23.3 Å². The van der Waals surface area contributed by atoms with Crippen molar-refractivity contribution >= 4 is 5.82 Å². The van der Waals surface area contributed by atoms with Crippen LogP contribution in [0.15, 0.2) is 30.7 Å². The monoisotopic (exact) mass is 403 g/mol. The van der Waals surface area contributed by atoms with Gasteiger partial charge in [-0.1, -0.05) is 0 Å². The Morgan fingerprint density at radius 2 is 2.17 bits per heavy atom. The summed E-state index contributed by atoms with van der Waals surface area (Å²) in [4.78, 5) is 11.2. The van der Waals surface area contributed by atoms with Gasteiger partial charge >= 0.3 is 0 Å². The van der Waals surface area contributed by atoms with Gasteiger partial charge in [-0.2, -0.15) is 10.4 Å². The molecule has 1 aliphatic rings. The smallest absolute Gasteiger partial charge is 0.263 e. The Morgan fingerprint density at radius 1 is 1.33 bits per heavy atom. The molecule has 1 unspecified atom stereocenters. The standard InChI is InChI=1S/C22H25N7O/c1-14(8-23)11-29-13-18(9-26-29)30-22-21(24)25-10-20(27-22)16-6-15(2)19-4-5-28(3)12-17(19)7-16/h6-7,9-10,13-14H,4-5,11-12H2,1-3H3,(H2,24,25). The van der Waals surface area contributed by atoms with Gasteiger partial charge in [0.25, 0.3) is 5.88 Å². The number of anilines is 1. The largest absolute Gasteiger partial charge is 0.433 e. The van der Waals surface area contributed by atoms with Crippen LogP contribution < -0.4 is 10.5 Å². The van der Waals surface area contributed by atoms with E-state index in [4.69, 9.17) is 15.7 Å². The lowest BCUT2D eigenvalue weighted by atomic mass is 9.92. The molecule has 0 aliphatic carbocycles. The van der Waals surface area contributed by atoms with Gasteiger partial charge in [-0.05, 0) is 56.1 Å². The fourth-order valence-corrected chi connectivity index (χ4v) is 3.74. The molecule has 0 fully saturated rings. The lowest BCUT2D eigenvalue weighted by Crippen LogP contribution is -2.27. The quantitative estimate of drug-likeness (QED) is 0.697. The van der Waals surface area contributed by atoms with Crippen molar-refractivity contribution in [3.63, 3.8) is 0 Å². The minimum absolute atomic E-state index is 0.141. The zero-order valence-electron chi connectivity index (χ0n) is 17.5. The molecule has 0 bridgehead atoms. The van der Waals surface area contributed by atoms with Gasteiger partial charge in [0.05, 0.1) is 42.8 Å². The van der Waals surface area contributed by atoms with Crippen LogP contribution in [-0.4, -0.2) is 38.2 Å². The summed E-state index contributed by atoms with van der Waals surface area (Å²) in [6, 6.07) is 6.52. The summed E-state index contributed by atoms with van der Waals surface area (Å²) in [6.45, 7) is 6.48. The molecule has 30 heavy (non-hydrogen) atoms. The van der Waals surface area contributed by atoms with E-state index in [0.29, 0.717) is 18.0 Å². The van der Waals surface area contributed by atoms with E-state index in [2.05, 4.69) is 52.1 Å². The van der Waals surface area contributed by atoms with Crippen LogP contribution in [0.3, 0.4) is 0 Å². The molecule has 4 rings (SSSR count). The lowest BCUT2D eigenvalue weighted by Gasteiger charge is -2.27. The number of aromatic nitrogens is 4. The molecule has 1 aliphatic heterocycles. The first-order valence-electron chi connectivity index (χ1n) is 9.96. The van der Waals surface area contributed by atoms with E-state index in [1.165, 1.54) is 16.7 Å². The minimum atomic E-state index is -0.141. The van der Waals surface area contributed by atoms with E-state index in [-0.39, 0.29) is 17.6 Å². The summed E-state index contributed by atoms with van der Waals surface area (Å²) in [6.07, 6.45) is 6.04. The predicted octanol–water partition coefficient (Wildman–Crippen LogP) is 3.17. The average Bonchev–Trinajstić information content (AvgIpc) is 3.15. The van der Waals surface area contributed by atoms with Crippen molar-refractivity contribution in [2.45, 2.75) is 33.4 Å². The molecule has 8 nitrogen and oxygen atoms in total. The number of likely N-dealkylation sites (N-methyl/N-ethyl adjacent to an activating group) is 1. The molecule has 154 valence electrons. The zero-order chi connectivity index (χ0) is 21.3. The molecule has 1 atom stereocenters. The molecule has 3 heterocycles. The van der Waals surface area contributed by atoms with Crippen LogP contribution in [0.2, 0.25) is 0 Å². The highest BCUT2D eigenvalue weighted by Gasteiger charge is 2.18. The molecular formula is C22H25N7O. The van der Waals surface area contributed by atoms with E-state index >= 15 is 0 Å². The number of aryl methyl sites for hydroxylation is 1. The van der Waals surface area contributed by atoms with Crippen molar-refractivity contribution in [3.05, 3.63) is 47.4 Å². The SMILES string of the molecule is Cc1cc(-c2cnc(N)c(Oc3cnn(CC(C)C#N)c3)n2)cc2c1CCN(C)C2. The molecule has 0 saturated carbocycles. The van der Waals surface area contributed by atoms with E-state index in [9.17, 15) is 0 Å². The number of nitrogens with zero attached hydrogens (tertiary/aromatic N) is 6. The van der Waals surface area contributed by atoms with Crippen LogP contribution in [0.4, 0.5) is 5.82 Å². The maximum absolute atomic E-state index is 8.96. The van der Waals surface area contributed by atoms with Crippen molar-refractivity contribution in [2.75, 3.05) is 19.3 Å². The molecule has 0 radical (unpaired) electrons. The summed E-state index contributed by atoms with van der Waals surface area (Å²) >= 11 is 0. The van der Waals surface area contributed by atoms with Crippen LogP contribution in [-0.2, 0) is 19.5 Å². The number of nitriles is 1. The molecule has 1 aromatic carbocycles. The topological polar surface area (TPSA) is 106 Å². The Morgan fingerprint density at radius 3 is 2.97 bits per heavy atom. The number of ether oxygens (including phenoxy) is 1. The molecule has 0 saturated heterocycles. The summed E-state index contributed by atoms with van der Waals surface area (Å²) in [5.74, 6) is 0.818. The summed E-state index contributed by atoms with van der Waals surface area (Å²) < 4.78 is 7.52. The second-order valence-corrected chi connectivity index (χ2v) is 7.89. The third kappa shape index (κ3) is 4.11. The third-order valence-electron chi connectivity index (χ3n) is 5.32. The first kappa shape index (κ1) is 19.9. The lowest BCUT2D eigenvalue weighted by molar-refractivity contribution is 0.312. The first-order valence-corrected chi connectivity index (χ1v) is 9.96. The second kappa shape index (κ2) is 8.13. The third-order valence-corrected chi connectivity index (χ3v) is 5.32.